The van der Waals surface area contributed by atoms with Crippen LogP contribution in [0, 0.1) is 11.6 Å². The van der Waals surface area contributed by atoms with E-state index in [2.05, 4.69) is 0 Å². The monoisotopic (exact) mass is 385 g/mol. The molecule has 0 saturated carbocycles. The van der Waals surface area contributed by atoms with Gasteiger partial charge >= 0.3 is 0 Å². The van der Waals surface area contributed by atoms with Crippen LogP contribution < -0.4 is 4.90 Å². The molecule has 4 aromatic rings. The van der Waals surface area contributed by atoms with Crippen molar-refractivity contribution in [1.29, 1.82) is 0 Å². The molecule has 0 aliphatic carbocycles. The highest BCUT2D eigenvalue weighted by molar-refractivity contribution is 6.09. The summed E-state index contributed by atoms with van der Waals surface area (Å²) in [5.41, 5.74) is 3.40. The molecule has 0 bridgehead atoms. The number of halogens is 2. The van der Waals surface area contributed by atoms with E-state index >= 15 is 0 Å². The molecule has 4 heteroatoms. The summed E-state index contributed by atoms with van der Waals surface area (Å²) in [4.78, 5) is 14.5. The molecular formula is C25H17F2NO. The lowest BCUT2D eigenvalue weighted by atomic mass is 10.0. The summed E-state index contributed by atoms with van der Waals surface area (Å²) >= 11 is 0. The largest absolute Gasteiger partial charge is 0.310 e. The fraction of sp³-hybridized carbons (Fsp3) is 0. The number of carbonyl (C=O) groups is 1. The normalized spacial score (nSPS) is 10.6. The lowest BCUT2D eigenvalue weighted by molar-refractivity contribution is 0.103. The molecule has 0 unspecified atom stereocenters. The van der Waals surface area contributed by atoms with Crippen LogP contribution in [0.4, 0.5) is 25.8 Å². The van der Waals surface area contributed by atoms with Gasteiger partial charge in [0, 0.05) is 28.2 Å². The Hall–Kier alpha value is -3.79. The van der Waals surface area contributed by atoms with Gasteiger partial charge in [-0.25, -0.2) is 8.78 Å². The molecule has 0 aromatic heterocycles. The highest BCUT2D eigenvalue weighted by atomic mass is 19.1. The lowest BCUT2D eigenvalue weighted by Gasteiger charge is -2.25. The molecule has 0 N–H and O–H groups in total. The van der Waals surface area contributed by atoms with E-state index in [1.807, 2.05) is 35.2 Å². The second kappa shape index (κ2) is 8.07. The Labute approximate surface area is 167 Å². The standard InChI is InChI=1S/C25H17F2NO/c26-20-8-14-23(15-9-20)28(24-16-10-21(27)11-17-24)22-12-6-19(7-13-22)25(29)18-4-2-1-3-5-18/h1-17H. The van der Waals surface area contributed by atoms with Crippen molar-refractivity contribution in [1.82, 2.24) is 0 Å². The zero-order valence-corrected chi connectivity index (χ0v) is 15.4. The van der Waals surface area contributed by atoms with E-state index in [1.54, 1.807) is 48.5 Å². The SMILES string of the molecule is O=C(c1ccccc1)c1ccc(N(c2ccc(F)cc2)c2ccc(F)cc2)cc1. The molecule has 0 atom stereocenters. The number of nitrogens with zero attached hydrogens (tertiary/aromatic N) is 1. The van der Waals surface area contributed by atoms with E-state index in [9.17, 15) is 13.6 Å². The van der Waals surface area contributed by atoms with Crippen LogP contribution in [-0.2, 0) is 0 Å². The molecule has 4 rings (SSSR count). The van der Waals surface area contributed by atoms with Crippen molar-refractivity contribution in [3.05, 3.63) is 126 Å². The van der Waals surface area contributed by atoms with E-state index in [-0.39, 0.29) is 17.4 Å². The van der Waals surface area contributed by atoms with Crippen molar-refractivity contribution in [2.45, 2.75) is 0 Å². The van der Waals surface area contributed by atoms with E-state index in [0.717, 1.165) is 17.1 Å². The maximum absolute atomic E-state index is 13.4. The zero-order valence-electron chi connectivity index (χ0n) is 15.4. The molecule has 0 aliphatic rings. The van der Waals surface area contributed by atoms with E-state index in [4.69, 9.17) is 0 Å². The Bertz CT molecular complexity index is 1060. The third-order valence-corrected chi connectivity index (χ3v) is 4.59. The van der Waals surface area contributed by atoms with Crippen molar-refractivity contribution in [2.75, 3.05) is 4.90 Å². The lowest BCUT2D eigenvalue weighted by Crippen LogP contribution is -2.10. The second-order valence-corrected chi connectivity index (χ2v) is 6.53. The number of rotatable bonds is 5. The van der Waals surface area contributed by atoms with Gasteiger partial charge in [-0.1, -0.05) is 30.3 Å². The Morgan fingerprint density at radius 3 is 1.34 bits per heavy atom. The van der Waals surface area contributed by atoms with E-state index < -0.39 is 0 Å². The first kappa shape index (κ1) is 18.6. The predicted octanol–water partition coefficient (Wildman–Crippen LogP) is 6.67. The molecule has 0 heterocycles. The van der Waals surface area contributed by atoms with Crippen LogP contribution in [0.2, 0.25) is 0 Å². The minimum absolute atomic E-state index is 0.0627. The molecule has 0 spiro atoms. The Balaban J connectivity index is 1.72. The number of anilines is 3. The van der Waals surface area contributed by atoms with Gasteiger partial charge in [-0.3, -0.25) is 4.79 Å². The van der Waals surface area contributed by atoms with Crippen LogP contribution in [-0.4, -0.2) is 5.78 Å². The summed E-state index contributed by atoms with van der Waals surface area (Å²) in [6.45, 7) is 0. The Morgan fingerprint density at radius 2 is 0.897 bits per heavy atom. The van der Waals surface area contributed by atoms with Crippen LogP contribution in [0.15, 0.2) is 103 Å². The van der Waals surface area contributed by atoms with Gasteiger partial charge in [-0.15, -0.1) is 0 Å². The molecule has 2 nitrogen and oxygen atoms in total. The molecule has 0 amide bonds. The van der Waals surface area contributed by atoms with Gasteiger partial charge < -0.3 is 4.90 Å². The van der Waals surface area contributed by atoms with Crippen molar-refractivity contribution in [3.8, 4) is 0 Å². The maximum Gasteiger partial charge on any atom is 0.193 e. The second-order valence-electron chi connectivity index (χ2n) is 6.53. The molecule has 0 saturated heterocycles. The highest BCUT2D eigenvalue weighted by Crippen LogP contribution is 2.34. The molecular weight excluding hydrogens is 368 g/mol. The van der Waals surface area contributed by atoms with Crippen LogP contribution >= 0.6 is 0 Å². The van der Waals surface area contributed by atoms with Crippen LogP contribution in [0.5, 0.6) is 0 Å². The predicted molar refractivity (Wildman–Crippen MR) is 111 cm³/mol. The summed E-state index contributed by atoms with van der Waals surface area (Å²) in [6, 6.07) is 28.3. The first-order chi connectivity index (χ1) is 14.1. The molecule has 142 valence electrons. The number of ketones is 1. The van der Waals surface area contributed by atoms with E-state index in [0.29, 0.717) is 11.1 Å². The van der Waals surface area contributed by atoms with E-state index in [1.165, 1.54) is 24.3 Å². The Morgan fingerprint density at radius 1 is 0.517 bits per heavy atom. The smallest absolute Gasteiger partial charge is 0.193 e. The summed E-state index contributed by atoms with van der Waals surface area (Å²) < 4.78 is 26.8. The number of hydrogen-bond acceptors (Lipinski definition) is 2. The zero-order chi connectivity index (χ0) is 20.2. The van der Waals surface area contributed by atoms with Gasteiger partial charge in [0.2, 0.25) is 0 Å². The minimum Gasteiger partial charge on any atom is -0.310 e. The molecule has 4 aromatic carbocycles. The fourth-order valence-electron chi connectivity index (χ4n) is 3.15. The van der Waals surface area contributed by atoms with Crippen LogP contribution in [0.3, 0.4) is 0 Å². The van der Waals surface area contributed by atoms with Crippen LogP contribution in [0.1, 0.15) is 15.9 Å². The average Bonchev–Trinajstić information content (AvgIpc) is 2.77. The Kier molecular flexibility index (Phi) is 5.16. The number of benzene rings is 4. The molecule has 0 radical (unpaired) electrons. The topological polar surface area (TPSA) is 20.3 Å². The first-order valence-electron chi connectivity index (χ1n) is 9.13. The quantitative estimate of drug-likeness (QED) is 0.358. The number of carbonyl (C=O) groups excluding carboxylic acids is 1. The highest BCUT2D eigenvalue weighted by Gasteiger charge is 2.14. The van der Waals surface area contributed by atoms with Gasteiger partial charge in [0.15, 0.2) is 5.78 Å². The minimum atomic E-state index is -0.336. The molecule has 0 aliphatic heterocycles. The number of hydrogen-bond donors (Lipinski definition) is 0. The van der Waals surface area contributed by atoms with Crippen molar-refractivity contribution in [2.24, 2.45) is 0 Å². The van der Waals surface area contributed by atoms with Gasteiger partial charge in [0.1, 0.15) is 11.6 Å². The fourth-order valence-corrected chi connectivity index (χ4v) is 3.15. The molecule has 29 heavy (non-hydrogen) atoms. The van der Waals surface area contributed by atoms with Gasteiger partial charge in [0.25, 0.3) is 0 Å². The average molecular weight is 385 g/mol. The summed E-state index contributed by atoms with van der Waals surface area (Å²) in [5, 5.41) is 0. The third kappa shape index (κ3) is 4.06. The van der Waals surface area contributed by atoms with Crippen molar-refractivity contribution >= 4 is 22.8 Å². The summed E-state index contributed by atoms with van der Waals surface area (Å²) in [7, 11) is 0. The van der Waals surface area contributed by atoms with Crippen molar-refractivity contribution < 1.29 is 13.6 Å². The third-order valence-electron chi connectivity index (χ3n) is 4.59. The maximum atomic E-state index is 13.4. The van der Waals surface area contributed by atoms with Crippen molar-refractivity contribution in [3.63, 3.8) is 0 Å². The first-order valence-corrected chi connectivity index (χ1v) is 9.13. The van der Waals surface area contributed by atoms with Gasteiger partial charge in [-0.05, 0) is 72.8 Å². The van der Waals surface area contributed by atoms with Crippen LogP contribution in [0.25, 0.3) is 0 Å². The van der Waals surface area contributed by atoms with Gasteiger partial charge in [0.05, 0.1) is 0 Å². The summed E-state index contributed by atoms with van der Waals surface area (Å²) in [6.07, 6.45) is 0. The summed E-state index contributed by atoms with van der Waals surface area (Å²) in [5.74, 6) is -0.736. The molecule has 0 fully saturated rings. The van der Waals surface area contributed by atoms with Gasteiger partial charge in [-0.2, -0.15) is 0 Å².